The summed E-state index contributed by atoms with van der Waals surface area (Å²) in [6.07, 6.45) is 3.49. The van der Waals surface area contributed by atoms with E-state index in [1.807, 2.05) is 6.07 Å². The minimum absolute atomic E-state index is 0.321. The molecule has 0 saturated heterocycles. The molecule has 0 aliphatic carbocycles. The van der Waals surface area contributed by atoms with Gasteiger partial charge in [-0.2, -0.15) is 5.10 Å². The minimum atomic E-state index is 0.321. The van der Waals surface area contributed by atoms with Crippen LogP contribution in [0.25, 0.3) is 0 Å². The van der Waals surface area contributed by atoms with Crippen molar-refractivity contribution in [2.24, 2.45) is 5.16 Å². The van der Waals surface area contributed by atoms with Gasteiger partial charge in [0.2, 0.25) is 0 Å². The molecule has 0 aliphatic rings. The summed E-state index contributed by atoms with van der Waals surface area (Å²) in [6.45, 7) is 3.89. The van der Waals surface area contributed by atoms with Gasteiger partial charge in [-0.25, -0.2) is 4.98 Å². The molecule has 2 rings (SSSR count). The lowest BCUT2D eigenvalue weighted by Gasteiger charge is -2.06. The molecule has 0 amide bonds. The molecule has 0 unspecified atom stereocenters. The molecule has 0 bridgehead atoms. The number of rotatable bonds is 6. The molecule has 1 heterocycles. The van der Waals surface area contributed by atoms with Gasteiger partial charge in [0.15, 0.2) is 0 Å². The zero-order valence-electron chi connectivity index (χ0n) is 10.5. The van der Waals surface area contributed by atoms with Crippen molar-refractivity contribution in [1.29, 1.82) is 0 Å². The molecule has 1 N–H and O–H groups in total. The number of H-pyrrole nitrogens is 1. The standard InChI is InChI=1S/C13H12Cl2N4O/c1-2-5-20-19-12(7-13-16-8-17-18-13)9-3-4-10(14)11(15)6-9/h2-4,6,8H,1,5,7H2,(H,16,17,18). The van der Waals surface area contributed by atoms with Crippen molar-refractivity contribution in [1.82, 2.24) is 15.2 Å². The maximum absolute atomic E-state index is 6.02. The monoisotopic (exact) mass is 310 g/mol. The van der Waals surface area contributed by atoms with E-state index in [0.717, 1.165) is 5.56 Å². The van der Waals surface area contributed by atoms with Crippen LogP contribution >= 0.6 is 23.2 Å². The summed E-state index contributed by atoms with van der Waals surface area (Å²) in [7, 11) is 0. The summed E-state index contributed by atoms with van der Waals surface area (Å²) >= 11 is 11.9. The molecule has 0 atom stereocenters. The largest absolute Gasteiger partial charge is 0.391 e. The van der Waals surface area contributed by atoms with Crippen molar-refractivity contribution < 1.29 is 4.84 Å². The molecule has 5 nitrogen and oxygen atoms in total. The lowest BCUT2D eigenvalue weighted by molar-refractivity contribution is 0.174. The summed E-state index contributed by atoms with van der Waals surface area (Å²) in [4.78, 5) is 9.22. The number of nitrogens with one attached hydrogen (secondary N) is 1. The predicted molar refractivity (Wildman–Crippen MR) is 79.2 cm³/mol. The van der Waals surface area contributed by atoms with Crippen LogP contribution in [0.4, 0.5) is 0 Å². The maximum atomic E-state index is 6.02. The highest BCUT2D eigenvalue weighted by molar-refractivity contribution is 6.42. The van der Waals surface area contributed by atoms with E-state index in [9.17, 15) is 0 Å². The number of halogens is 2. The highest BCUT2D eigenvalue weighted by Crippen LogP contribution is 2.23. The lowest BCUT2D eigenvalue weighted by atomic mass is 10.1. The summed E-state index contributed by atoms with van der Waals surface area (Å²) in [6, 6.07) is 5.26. The van der Waals surface area contributed by atoms with Gasteiger partial charge in [-0.15, -0.1) is 0 Å². The van der Waals surface area contributed by atoms with Gasteiger partial charge in [0.25, 0.3) is 0 Å². The molecule has 0 radical (unpaired) electrons. The molecule has 1 aromatic carbocycles. The number of oxime groups is 1. The lowest BCUT2D eigenvalue weighted by Crippen LogP contribution is -2.08. The average molecular weight is 311 g/mol. The van der Waals surface area contributed by atoms with E-state index in [0.29, 0.717) is 34.6 Å². The summed E-state index contributed by atoms with van der Waals surface area (Å²) in [5, 5.41) is 11.6. The van der Waals surface area contributed by atoms with Crippen LogP contribution in [-0.2, 0) is 11.3 Å². The number of aromatic amines is 1. The van der Waals surface area contributed by atoms with Crippen LogP contribution in [-0.4, -0.2) is 27.5 Å². The van der Waals surface area contributed by atoms with E-state index in [1.165, 1.54) is 6.33 Å². The highest BCUT2D eigenvalue weighted by atomic mass is 35.5. The fraction of sp³-hybridized carbons (Fsp3) is 0.154. The molecule has 1 aromatic heterocycles. The Morgan fingerprint density at radius 3 is 2.90 bits per heavy atom. The predicted octanol–water partition coefficient (Wildman–Crippen LogP) is 3.26. The molecular weight excluding hydrogens is 299 g/mol. The first kappa shape index (κ1) is 14.6. The smallest absolute Gasteiger partial charge is 0.137 e. The Labute approximate surface area is 126 Å². The third kappa shape index (κ3) is 3.82. The molecule has 20 heavy (non-hydrogen) atoms. The Morgan fingerprint density at radius 2 is 2.25 bits per heavy atom. The van der Waals surface area contributed by atoms with Crippen molar-refractivity contribution in [3.63, 3.8) is 0 Å². The summed E-state index contributed by atoms with van der Waals surface area (Å²) in [5.74, 6) is 0.678. The maximum Gasteiger partial charge on any atom is 0.137 e. The van der Waals surface area contributed by atoms with Gasteiger partial charge in [-0.05, 0) is 12.1 Å². The first-order valence-electron chi connectivity index (χ1n) is 5.80. The van der Waals surface area contributed by atoms with Gasteiger partial charge >= 0.3 is 0 Å². The third-order valence-electron chi connectivity index (χ3n) is 2.42. The van der Waals surface area contributed by atoms with Gasteiger partial charge in [0, 0.05) is 5.56 Å². The van der Waals surface area contributed by atoms with Gasteiger partial charge < -0.3 is 4.84 Å². The zero-order valence-corrected chi connectivity index (χ0v) is 12.0. The van der Waals surface area contributed by atoms with Crippen LogP contribution in [0.2, 0.25) is 10.0 Å². The number of aromatic nitrogens is 3. The Morgan fingerprint density at radius 1 is 1.40 bits per heavy atom. The summed E-state index contributed by atoms with van der Waals surface area (Å²) < 4.78 is 0. The molecular formula is C13H12Cl2N4O. The van der Waals surface area contributed by atoms with Gasteiger partial charge in [-0.1, -0.05) is 47.1 Å². The van der Waals surface area contributed by atoms with Crippen molar-refractivity contribution in [3.05, 3.63) is 58.6 Å². The van der Waals surface area contributed by atoms with Crippen LogP contribution in [0, 0.1) is 0 Å². The normalized spacial score (nSPS) is 11.4. The van der Waals surface area contributed by atoms with Crippen molar-refractivity contribution in [2.45, 2.75) is 6.42 Å². The second-order valence-electron chi connectivity index (χ2n) is 3.86. The van der Waals surface area contributed by atoms with Crippen LogP contribution in [0.5, 0.6) is 0 Å². The second-order valence-corrected chi connectivity index (χ2v) is 4.67. The number of hydrogen-bond acceptors (Lipinski definition) is 4. The average Bonchev–Trinajstić information content (AvgIpc) is 2.94. The Bertz CT molecular complexity index is 611. The first-order chi connectivity index (χ1) is 9.70. The molecule has 104 valence electrons. The van der Waals surface area contributed by atoms with Crippen molar-refractivity contribution in [2.75, 3.05) is 6.61 Å². The van der Waals surface area contributed by atoms with E-state index >= 15 is 0 Å². The van der Waals surface area contributed by atoms with E-state index in [1.54, 1.807) is 18.2 Å². The van der Waals surface area contributed by atoms with E-state index in [4.69, 9.17) is 28.0 Å². The Kier molecular flexibility index (Phi) is 5.15. The molecule has 0 aliphatic heterocycles. The Hall–Kier alpha value is -1.85. The molecule has 0 fully saturated rings. The van der Waals surface area contributed by atoms with Crippen LogP contribution < -0.4 is 0 Å². The van der Waals surface area contributed by atoms with Crippen LogP contribution in [0.15, 0.2) is 42.3 Å². The molecule has 0 saturated carbocycles. The molecule has 0 spiro atoms. The SMILES string of the molecule is C=CCON=C(Cc1ncn[nH]1)c1ccc(Cl)c(Cl)c1. The summed E-state index contributed by atoms with van der Waals surface area (Å²) in [5.41, 5.74) is 1.47. The van der Waals surface area contributed by atoms with E-state index in [2.05, 4.69) is 26.9 Å². The van der Waals surface area contributed by atoms with E-state index in [-0.39, 0.29) is 0 Å². The topological polar surface area (TPSA) is 63.2 Å². The van der Waals surface area contributed by atoms with Crippen molar-refractivity contribution in [3.8, 4) is 0 Å². The van der Waals surface area contributed by atoms with Crippen LogP contribution in [0.3, 0.4) is 0 Å². The fourth-order valence-corrected chi connectivity index (χ4v) is 1.80. The molecule has 7 heteroatoms. The molecule has 2 aromatic rings. The number of benzene rings is 1. The highest BCUT2D eigenvalue weighted by Gasteiger charge is 2.10. The zero-order chi connectivity index (χ0) is 14.4. The van der Waals surface area contributed by atoms with E-state index < -0.39 is 0 Å². The van der Waals surface area contributed by atoms with Crippen molar-refractivity contribution >= 4 is 28.9 Å². The first-order valence-corrected chi connectivity index (χ1v) is 6.55. The van der Waals surface area contributed by atoms with Gasteiger partial charge in [0.05, 0.1) is 22.2 Å². The number of hydrogen-bond donors (Lipinski definition) is 1. The van der Waals surface area contributed by atoms with Gasteiger partial charge in [-0.3, -0.25) is 5.10 Å². The van der Waals surface area contributed by atoms with Crippen LogP contribution in [0.1, 0.15) is 11.4 Å². The van der Waals surface area contributed by atoms with Gasteiger partial charge in [0.1, 0.15) is 18.8 Å². The Balaban J connectivity index is 2.27. The third-order valence-corrected chi connectivity index (χ3v) is 3.16. The number of nitrogens with zero attached hydrogens (tertiary/aromatic N) is 3. The quantitative estimate of drug-likeness (QED) is 0.385. The second kappa shape index (κ2) is 7.07. The minimum Gasteiger partial charge on any atom is -0.391 e. The fourth-order valence-electron chi connectivity index (χ4n) is 1.51.